The van der Waals surface area contributed by atoms with Gasteiger partial charge in [0.1, 0.15) is 18.0 Å². The average molecular weight is 976 g/mol. The molecular weight excluding hydrogens is 915 g/mol. The molecule has 2 aromatic heterocycles. The Bertz CT molecular complexity index is 2950. The van der Waals surface area contributed by atoms with Gasteiger partial charge in [-0.25, -0.2) is 22.9 Å². The molecule has 3 amide bonds. The van der Waals surface area contributed by atoms with Crippen molar-refractivity contribution in [2.24, 2.45) is 17.1 Å². The number of fused-ring (bicyclic) bond motifs is 2. The normalized spacial score (nSPS) is 23.6. The van der Waals surface area contributed by atoms with E-state index in [0.29, 0.717) is 54.7 Å². The first-order valence-electron chi connectivity index (χ1n) is 24.4. The van der Waals surface area contributed by atoms with E-state index in [1.54, 1.807) is 37.4 Å². The van der Waals surface area contributed by atoms with Crippen molar-refractivity contribution in [2.45, 2.75) is 120 Å². The molecule has 5 heterocycles. The molecule has 3 aliphatic heterocycles. The predicted octanol–water partition coefficient (Wildman–Crippen LogP) is 8.70. The molecule has 5 aliphatic rings. The van der Waals surface area contributed by atoms with Gasteiger partial charge in [-0.05, 0) is 130 Å². The van der Waals surface area contributed by atoms with E-state index in [2.05, 4.69) is 73.2 Å². The number of hydrogen-bond donors (Lipinski definition) is 6. The summed E-state index contributed by atoms with van der Waals surface area (Å²) in [5.74, 6) is -0.579. The minimum Gasteiger partial charge on any atom is -0.489 e. The van der Waals surface area contributed by atoms with E-state index in [1.807, 2.05) is 0 Å². The van der Waals surface area contributed by atoms with Gasteiger partial charge in [0.05, 0.1) is 27.0 Å². The summed E-state index contributed by atoms with van der Waals surface area (Å²) in [6.45, 7) is 9.09. The van der Waals surface area contributed by atoms with E-state index < -0.39 is 43.1 Å². The molecule has 4 fully saturated rings. The van der Waals surface area contributed by atoms with Gasteiger partial charge in [0.25, 0.3) is 21.6 Å². The maximum atomic E-state index is 14.3. The van der Waals surface area contributed by atoms with E-state index in [9.17, 15) is 33.2 Å². The number of aliphatic hydroxyl groups is 1. The summed E-state index contributed by atoms with van der Waals surface area (Å²) in [5, 5.41) is 29.2. The molecule has 7 N–H and O–H groups in total. The van der Waals surface area contributed by atoms with Gasteiger partial charge in [-0.2, -0.15) is 0 Å². The van der Waals surface area contributed by atoms with Gasteiger partial charge >= 0.3 is 6.03 Å². The number of nitrogens with one attached hydrogen (secondary N) is 4. The minimum atomic E-state index is -4.75. The largest absolute Gasteiger partial charge is 0.489 e. The monoisotopic (exact) mass is 975 g/mol. The van der Waals surface area contributed by atoms with Crippen LogP contribution in [0.5, 0.6) is 17.2 Å². The second-order valence-electron chi connectivity index (χ2n) is 20.7. The topological polar surface area (TPSA) is 247 Å². The van der Waals surface area contributed by atoms with Gasteiger partial charge in [0.2, 0.25) is 0 Å². The Hall–Kier alpha value is -6.44. The zero-order valence-electron chi connectivity index (χ0n) is 39.7. The van der Waals surface area contributed by atoms with Crippen molar-refractivity contribution in [1.82, 2.24) is 19.6 Å². The lowest BCUT2D eigenvalue weighted by Crippen LogP contribution is -2.54. The number of anilines is 3. The van der Waals surface area contributed by atoms with Crippen molar-refractivity contribution in [3.05, 3.63) is 99.7 Å². The number of likely N-dealkylation sites (tertiary alicyclic amines) is 1. The molecule has 19 heteroatoms. The molecule has 0 unspecified atom stereocenters. The van der Waals surface area contributed by atoms with Crippen LogP contribution >= 0.6 is 0 Å². The van der Waals surface area contributed by atoms with Crippen molar-refractivity contribution in [3.63, 3.8) is 0 Å². The maximum absolute atomic E-state index is 14.3. The quantitative estimate of drug-likeness (QED) is 0.0507. The summed E-state index contributed by atoms with van der Waals surface area (Å²) in [6.07, 6.45) is 10.8. The number of benzene rings is 3. The molecule has 0 radical (unpaired) electrons. The van der Waals surface area contributed by atoms with Crippen LogP contribution in [0.3, 0.4) is 0 Å². The first-order chi connectivity index (χ1) is 33.4. The Morgan fingerprint density at radius 1 is 1.00 bits per heavy atom. The van der Waals surface area contributed by atoms with E-state index in [0.717, 1.165) is 63.1 Å². The van der Waals surface area contributed by atoms with Gasteiger partial charge < -0.3 is 35.5 Å². The number of nitro groups is 1. The second kappa shape index (κ2) is 18.4. The number of primary amides is 1. The lowest BCUT2D eigenvalue weighted by atomic mass is 9.59. The summed E-state index contributed by atoms with van der Waals surface area (Å²) >= 11 is 0. The molecule has 370 valence electrons. The molecule has 2 saturated carbocycles. The van der Waals surface area contributed by atoms with Crippen molar-refractivity contribution in [2.75, 3.05) is 41.8 Å². The lowest BCUT2D eigenvalue weighted by molar-refractivity contribution is -0.384. The summed E-state index contributed by atoms with van der Waals surface area (Å²) in [7, 11) is -4.75. The highest BCUT2D eigenvalue weighted by atomic mass is 32.2. The third-order valence-electron chi connectivity index (χ3n) is 15.7. The van der Waals surface area contributed by atoms with Crippen molar-refractivity contribution in [1.29, 1.82) is 0 Å². The number of H-pyrrole nitrogens is 1. The fourth-order valence-electron chi connectivity index (χ4n) is 11.8. The van der Waals surface area contributed by atoms with Gasteiger partial charge in [-0.15, -0.1) is 0 Å². The molecule has 0 bridgehead atoms. The highest BCUT2D eigenvalue weighted by molar-refractivity contribution is 7.90. The molecule has 10 rings (SSSR count). The van der Waals surface area contributed by atoms with Gasteiger partial charge in [0.15, 0.2) is 23.0 Å². The molecule has 1 spiro atoms. The number of rotatable bonds is 12. The van der Waals surface area contributed by atoms with Crippen LogP contribution < -0.4 is 35.5 Å². The van der Waals surface area contributed by atoms with Crippen LogP contribution in [0.15, 0.2) is 77.8 Å². The van der Waals surface area contributed by atoms with E-state index in [1.165, 1.54) is 30.0 Å². The van der Waals surface area contributed by atoms with Crippen molar-refractivity contribution >= 4 is 55.9 Å². The predicted molar refractivity (Wildman–Crippen MR) is 265 cm³/mol. The Balaban J connectivity index is 0.889. The zero-order valence-corrected chi connectivity index (χ0v) is 40.5. The highest BCUT2D eigenvalue weighted by Gasteiger charge is 2.50. The first-order valence-corrected chi connectivity index (χ1v) is 25.9. The molecular formula is C51H61N9O9S. The smallest absolute Gasteiger partial charge is 0.317 e. The van der Waals surface area contributed by atoms with Crippen LogP contribution in [0.4, 0.5) is 27.7 Å². The van der Waals surface area contributed by atoms with Crippen LogP contribution in [0.2, 0.25) is 0 Å². The SMILES string of the molecule is CC(C)c1ccccc1[C@H]1CCCN1C1CC2(CCN(c3ccc(C(=O)NS(=O)(=O)c4cc5c(c([N+](=O)[O-])c4)N[C@@H](C4CCC(C)(O)CC4)CO5)c(Oc4cc5cc[nH]c5nc4NC(N)=O)c3)CC2)C1. The first kappa shape index (κ1) is 47.2. The van der Waals surface area contributed by atoms with Crippen LogP contribution in [-0.4, -0.2) is 89.2 Å². The molecule has 2 atom stereocenters. The number of carbonyl (C=O) groups excluding carboxylic acids is 2. The number of urea groups is 1. The number of nitro benzene ring substituents is 1. The number of ether oxygens (including phenoxy) is 2. The Kier molecular flexibility index (Phi) is 12.4. The Morgan fingerprint density at radius 3 is 2.49 bits per heavy atom. The summed E-state index contributed by atoms with van der Waals surface area (Å²) < 4.78 is 42.7. The number of piperidine rings is 1. The fraction of sp³-hybridized carbons (Fsp3) is 0.471. The third kappa shape index (κ3) is 9.33. The number of nitrogens with two attached hydrogens (primary N) is 1. The molecule has 70 heavy (non-hydrogen) atoms. The molecule has 2 aliphatic carbocycles. The number of sulfonamides is 1. The molecule has 5 aromatic rings. The van der Waals surface area contributed by atoms with Gasteiger partial charge in [0, 0.05) is 60.6 Å². The fourth-order valence-corrected chi connectivity index (χ4v) is 12.8. The Labute approximate surface area is 406 Å². The van der Waals surface area contributed by atoms with Crippen LogP contribution in [0, 0.1) is 21.4 Å². The van der Waals surface area contributed by atoms with Gasteiger partial charge in [-0.1, -0.05) is 38.1 Å². The minimum absolute atomic E-state index is 0.0284. The number of amides is 3. The number of carbonyl (C=O) groups is 2. The summed E-state index contributed by atoms with van der Waals surface area (Å²) in [5.41, 5.74) is 8.44. The summed E-state index contributed by atoms with van der Waals surface area (Å²) in [4.78, 5) is 50.1. The standard InChI is InChI=1S/C51H61N9O9S/c1-30(2)36-7-4-5-8-37(36)40-9-6-20-59(40)34-27-51(28-34)17-21-58(22-18-51)33-10-11-38(42(24-33)69-44-23-32-14-19-53-46(32)55-47(44)56-49(52)62)48(61)57-70(66,67)35-25-41(60(64)65)45-43(26-35)68-29-39(54-45)31-12-15-50(3,63)16-13-31/h4-5,7-8,10-11,14,19,23-26,30-31,34,39-40,54,63H,6,9,12-13,15-18,20-22,27-29H2,1-3H3,(H,57,61)(H4,52,53,55,56,62)/t31?,39-,40-,50?/m1/s1. The number of nitrogens with zero attached hydrogens (tertiary/aromatic N) is 4. The van der Waals surface area contributed by atoms with E-state index in [-0.39, 0.29) is 58.3 Å². The third-order valence-corrected chi connectivity index (χ3v) is 17.0. The summed E-state index contributed by atoms with van der Waals surface area (Å²) in [6, 6.07) is 19.0. The Morgan fingerprint density at radius 2 is 1.76 bits per heavy atom. The number of hydrogen-bond acceptors (Lipinski definition) is 13. The van der Waals surface area contributed by atoms with Crippen LogP contribution in [0.25, 0.3) is 11.0 Å². The second-order valence-corrected chi connectivity index (χ2v) is 22.3. The lowest BCUT2D eigenvalue weighted by Gasteiger charge is -2.56. The molecule has 2 saturated heterocycles. The number of aromatic amines is 1. The molecule has 3 aromatic carbocycles. The number of aromatic nitrogens is 2. The highest BCUT2D eigenvalue weighted by Crippen LogP contribution is 2.54. The average Bonchev–Trinajstić information content (AvgIpc) is 4.00. The van der Waals surface area contributed by atoms with Crippen molar-refractivity contribution < 1.29 is 37.5 Å². The van der Waals surface area contributed by atoms with Crippen molar-refractivity contribution in [3.8, 4) is 17.2 Å². The zero-order chi connectivity index (χ0) is 49.1. The van der Waals surface area contributed by atoms with Crippen LogP contribution in [-0.2, 0) is 10.0 Å². The van der Waals surface area contributed by atoms with E-state index in [4.69, 9.17) is 15.2 Å². The van der Waals surface area contributed by atoms with Crippen LogP contribution in [0.1, 0.15) is 118 Å². The molecule has 18 nitrogen and oxygen atoms in total. The van der Waals surface area contributed by atoms with Gasteiger partial charge in [-0.3, -0.25) is 25.1 Å². The number of pyridine rings is 1. The maximum Gasteiger partial charge on any atom is 0.317 e. The van der Waals surface area contributed by atoms with E-state index >= 15 is 0 Å².